The fourth-order valence-electron chi connectivity index (χ4n) is 5.75. The van der Waals surface area contributed by atoms with E-state index in [1.54, 1.807) is 9.58 Å². The van der Waals surface area contributed by atoms with Crippen molar-refractivity contribution in [3.8, 4) is 0 Å². The Morgan fingerprint density at radius 2 is 1.72 bits per heavy atom. The first kappa shape index (κ1) is 24.8. The van der Waals surface area contributed by atoms with Gasteiger partial charge < -0.3 is 24.9 Å². The number of likely N-dealkylation sites (tertiary alicyclic amines) is 1. The molecule has 0 radical (unpaired) electrons. The van der Waals surface area contributed by atoms with Crippen molar-refractivity contribution in [2.75, 3.05) is 50.8 Å². The van der Waals surface area contributed by atoms with Crippen LogP contribution in [0.5, 0.6) is 0 Å². The van der Waals surface area contributed by atoms with Gasteiger partial charge in [0.1, 0.15) is 6.54 Å². The first-order chi connectivity index (χ1) is 17.3. The first-order valence-electron chi connectivity index (χ1n) is 13.1. The maximum absolute atomic E-state index is 13.3. The standard InChI is InChI=1S/C27H37N5O4/c1-19-5-3-7-22(20(19)2)29-13-15-30(16-14-29)24(34)17-32-23-8-4-6-21(23)25(28-32)26(35)31-11-9-27(36,18-33)10-12-31/h3,5,7,33,36H,4,6,8-18H2,1-2H3. The molecule has 5 rings (SSSR count). The van der Waals surface area contributed by atoms with Crippen molar-refractivity contribution in [1.82, 2.24) is 19.6 Å². The van der Waals surface area contributed by atoms with Crippen molar-refractivity contribution >= 4 is 17.5 Å². The van der Waals surface area contributed by atoms with Crippen molar-refractivity contribution in [1.29, 1.82) is 0 Å². The molecule has 1 aromatic carbocycles. The number of carbonyl (C=O) groups excluding carboxylic acids is 2. The Morgan fingerprint density at radius 1 is 1.00 bits per heavy atom. The normalized spacial score (nSPS) is 19.5. The zero-order valence-electron chi connectivity index (χ0n) is 21.4. The highest BCUT2D eigenvalue weighted by atomic mass is 16.3. The summed E-state index contributed by atoms with van der Waals surface area (Å²) in [5, 5.41) is 24.3. The molecule has 9 heteroatoms. The molecule has 9 nitrogen and oxygen atoms in total. The van der Waals surface area contributed by atoms with Gasteiger partial charge in [0.25, 0.3) is 5.91 Å². The van der Waals surface area contributed by atoms with Gasteiger partial charge in [0, 0.05) is 56.2 Å². The molecule has 1 aliphatic carbocycles. The molecule has 2 aliphatic heterocycles. The monoisotopic (exact) mass is 495 g/mol. The molecule has 2 amide bonds. The van der Waals surface area contributed by atoms with E-state index in [1.165, 1.54) is 16.8 Å². The quantitative estimate of drug-likeness (QED) is 0.648. The lowest BCUT2D eigenvalue weighted by Gasteiger charge is -2.37. The van der Waals surface area contributed by atoms with Gasteiger partial charge in [-0.1, -0.05) is 12.1 Å². The molecule has 0 spiro atoms. The van der Waals surface area contributed by atoms with Crippen LogP contribution in [0.3, 0.4) is 0 Å². The van der Waals surface area contributed by atoms with Crippen molar-refractivity contribution in [3.05, 3.63) is 46.3 Å². The Balaban J connectivity index is 1.24. The van der Waals surface area contributed by atoms with Crippen LogP contribution in [-0.2, 0) is 24.2 Å². The number of nitrogens with zero attached hydrogens (tertiary/aromatic N) is 5. The minimum atomic E-state index is -1.10. The van der Waals surface area contributed by atoms with Crippen molar-refractivity contribution in [3.63, 3.8) is 0 Å². The van der Waals surface area contributed by atoms with Crippen LogP contribution in [0, 0.1) is 13.8 Å². The number of aliphatic hydroxyl groups is 2. The number of aliphatic hydroxyl groups excluding tert-OH is 1. The molecular weight excluding hydrogens is 458 g/mol. The zero-order valence-corrected chi connectivity index (χ0v) is 21.4. The summed E-state index contributed by atoms with van der Waals surface area (Å²) in [6.45, 7) is 7.85. The van der Waals surface area contributed by atoms with Gasteiger partial charge in [-0.2, -0.15) is 5.10 Å². The van der Waals surface area contributed by atoms with Gasteiger partial charge in [0.15, 0.2) is 5.69 Å². The number of hydrogen-bond acceptors (Lipinski definition) is 6. The summed E-state index contributed by atoms with van der Waals surface area (Å²) in [6.07, 6.45) is 3.29. The summed E-state index contributed by atoms with van der Waals surface area (Å²) in [4.78, 5) is 32.5. The van der Waals surface area contributed by atoms with Crippen LogP contribution in [0.25, 0.3) is 0 Å². The Bertz CT molecular complexity index is 1140. The highest BCUT2D eigenvalue weighted by Crippen LogP contribution is 2.29. The average Bonchev–Trinajstić information content (AvgIpc) is 3.50. The second-order valence-corrected chi connectivity index (χ2v) is 10.5. The molecule has 2 aromatic rings. The van der Waals surface area contributed by atoms with Crippen LogP contribution >= 0.6 is 0 Å². The molecule has 0 bridgehead atoms. The van der Waals surface area contributed by atoms with Gasteiger partial charge in [-0.05, 0) is 63.1 Å². The van der Waals surface area contributed by atoms with Crippen LogP contribution in [0.2, 0.25) is 0 Å². The van der Waals surface area contributed by atoms with Crippen LogP contribution in [0.4, 0.5) is 5.69 Å². The van der Waals surface area contributed by atoms with Gasteiger partial charge in [-0.25, -0.2) is 0 Å². The van der Waals surface area contributed by atoms with Gasteiger partial charge in [0.2, 0.25) is 5.91 Å². The Labute approximate surface area is 212 Å². The third-order valence-electron chi connectivity index (χ3n) is 8.32. The molecule has 0 unspecified atom stereocenters. The summed E-state index contributed by atoms with van der Waals surface area (Å²) in [5.41, 5.74) is 5.12. The maximum Gasteiger partial charge on any atom is 0.274 e. The zero-order chi connectivity index (χ0) is 25.4. The fourth-order valence-corrected chi connectivity index (χ4v) is 5.75. The summed E-state index contributed by atoms with van der Waals surface area (Å²) in [7, 11) is 0. The van der Waals surface area contributed by atoms with Crippen molar-refractivity contribution in [2.24, 2.45) is 0 Å². The smallest absolute Gasteiger partial charge is 0.274 e. The third kappa shape index (κ3) is 4.62. The minimum Gasteiger partial charge on any atom is -0.393 e. The molecule has 3 heterocycles. The highest BCUT2D eigenvalue weighted by molar-refractivity contribution is 5.94. The molecule has 0 atom stereocenters. The first-order valence-corrected chi connectivity index (χ1v) is 13.1. The summed E-state index contributed by atoms with van der Waals surface area (Å²) >= 11 is 0. The van der Waals surface area contributed by atoms with E-state index >= 15 is 0 Å². The number of carbonyl (C=O) groups is 2. The second-order valence-electron chi connectivity index (χ2n) is 10.5. The number of fused-ring (bicyclic) bond motifs is 1. The van der Waals surface area contributed by atoms with Gasteiger partial charge in [-0.3, -0.25) is 14.3 Å². The number of benzene rings is 1. The lowest BCUT2D eigenvalue weighted by Crippen LogP contribution is -2.50. The molecule has 194 valence electrons. The number of piperidine rings is 1. The number of hydrogen-bond donors (Lipinski definition) is 2. The molecule has 2 fully saturated rings. The molecular formula is C27H37N5O4. The van der Waals surface area contributed by atoms with E-state index in [2.05, 4.69) is 42.0 Å². The number of piperazine rings is 1. The predicted octanol–water partition coefficient (Wildman–Crippen LogP) is 1.30. The third-order valence-corrected chi connectivity index (χ3v) is 8.32. The number of aromatic nitrogens is 2. The number of amides is 2. The topological polar surface area (TPSA) is 102 Å². The summed E-state index contributed by atoms with van der Waals surface area (Å²) in [6, 6.07) is 6.36. The molecule has 3 aliphatic rings. The lowest BCUT2D eigenvalue weighted by molar-refractivity contribution is -0.132. The molecule has 2 N–H and O–H groups in total. The predicted molar refractivity (Wildman–Crippen MR) is 136 cm³/mol. The SMILES string of the molecule is Cc1cccc(N2CCN(C(=O)Cn3nc(C(=O)N4CCC(O)(CO)CC4)c4c3CCC4)CC2)c1C. The van der Waals surface area contributed by atoms with Crippen LogP contribution in [0.15, 0.2) is 18.2 Å². The number of aryl methyl sites for hydroxylation is 1. The summed E-state index contributed by atoms with van der Waals surface area (Å²) < 4.78 is 1.75. The highest BCUT2D eigenvalue weighted by Gasteiger charge is 2.36. The molecule has 36 heavy (non-hydrogen) atoms. The largest absolute Gasteiger partial charge is 0.393 e. The van der Waals surface area contributed by atoms with E-state index in [0.29, 0.717) is 44.7 Å². The Hall–Kier alpha value is -2.91. The van der Waals surface area contributed by atoms with Gasteiger partial charge >= 0.3 is 0 Å². The van der Waals surface area contributed by atoms with Crippen LogP contribution in [0.1, 0.15) is 52.1 Å². The Morgan fingerprint density at radius 3 is 2.42 bits per heavy atom. The maximum atomic E-state index is 13.3. The van der Waals surface area contributed by atoms with E-state index in [9.17, 15) is 19.8 Å². The molecule has 0 saturated carbocycles. The average molecular weight is 496 g/mol. The molecule has 2 saturated heterocycles. The summed E-state index contributed by atoms with van der Waals surface area (Å²) in [5.74, 6) is -0.0979. The van der Waals surface area contributed by atoms with Gasteiger partial charge in [-0.15, -0.1) is 0 Å². The lowest BCUT2D eigenvalue weighted by atomic mass is 9.92. The van der Waals surface area contributed by atoms with Crippen molar-refractivity contribution < 1.29 is 19.8 Å². The van der Waals surface area contributed by atoms with Gasteiger partial charge in [0.05, 0.1) is 12.2 Å². The van der Waals surface area contributed by atoms with Crippen LogP contribution in [-0.4, -0.2) is 93.1 Å². The molecule has 1 aromatic heterocycles. The van der Waals surface area contributed by atoms with E-state index in [-0.39, 0.29) is 25.0 Å². The van der Waals surface area contributed by atoms with E-state index in [1.807, 2.05) is 4.90 Å². The van der Waals surface area contributed by atoms with E-state index in [0.717, 1.165) is 43.6 Å². The second kappa shape index (κ2) is 9.86. The minimum absolute atomic E-state index is 0.0396. The number of rotatable bonds is 5. The van der Waals surface area contributed by atoms with Crippen molar-refractivity contribution in [2.45, 2.75) is 58.1 Å². The number of anilines is 1. The van der Waals surface area contributed by atoms with E-state index < -0.39 is 5.60 Å². The van der Waals surface area contributed by atoms with E-state index in [4.69, 9.17) is 0 Å². The van der Waals surface area contributed by atoms with Crippen LogP contribution < -0.4 is 4.90 Å². The Kier molecular flexibility index (Phi) is 6.78. The fraction of sp³-hybridized carbons (Fsp3) is 0.593.